The van der Waals surface area contributed by atoms with Gasteiger partial charge in [0, 0.05) is 29.1 Å². The van der Waals surface area contributed by atoms with Crippen molar-refractivity contribution in [3.63, 3.8) is 0 Å². The number of fused-ring (bicyclic) bond motifs is 2. The van der Waals surface area contributed by atoms with Gasteiger partial charge in [0.05, 0.1) is 29.0 Å². The summed E-state index contributed by atoms with van der Waals surface area (Å²) in [6.45, 7) is 0. The van der Waals surface area contributed by atoms with E-state index in [1.165, 1.54) is 30.7 Å². The Morgan fingerprint density at radius 3 is 2.59 bits per heavy atom. The number of halogens is 2. The minimum atomic E-state index is -0.640. The largest absolute Gasteiger partial charge is 0.321 e. The zero-order valence-corrected chi connectivity index (χ0v) is 21.1. The fourth-order valence-corrected chi connectivity index (χ4v) is 4.69. The van der Waals surface area contributed by atoms with Crippen LogP contribution >= 0.6 is 0 Å². The lowest BCUT2D eigenvalue weighted by atomic mass is 10.1. The number of aromatic nitrogens is 7. The van der Waals surface area contributed by atoms with E-state index in [-0.39, 0.29) is 34.3 Å². The third-order valence-electron chi connectivity index (χ3n) is 6.59. The Bertz CT molecular complexity index is 2090. The third kappa shape index (κ3) is 4.35. The number of amides is 1. The summed E-state index contributed by atoms with van der Waals surface area (Å²) in [5.74, 6) is -1.05. The highest BCUT2D eigenvalue weighted by Crippen LogP contribution is 2.34. The number of carbonyl (C=O) groups is 1. The van der Waals surface area contributed by atoms with Crippen LogP contribution in [0.3, 0.4) is 0 Å². The lowest BCUT2D eigenvalue weighted by Crippen LogP contribution is -2.11. The minimum absolute atomic E-state index is 0.0261. The molecule has 0 aliphatic carbocycles. The highest BCUT2D eigenvalue weighted by atomic mass is 19.1. The average molecular weight is 545 g/mol. The Labute approximate surface area is 230 Å². The third-order valence-corrected chi connectivity index (χ3v) is 6.59. The van der Waals surface area contributed by atoms with E-state index in [4.69, 9.17) is 0 Å². The fraction of sp³-hybridized carbons (Fsp3) is 0. The standard InChI is InChI=1S/C30H18F2N8O/c31-19-8-4-7-17(11-19)21-9-10-34-28-26(21)37-29(38-28)27-23-22(39-40-27)15-35-25(24(23)32)18-12-20(14-33-13-18)36-30(41)16-5-2-1-3-6-16/h1-15H,(H,36,41)(H,39,40)(H,34,37,38). The number of H-pyrrole nitrogens is 2. The molecule has 0 atom stereocenters. The van der Waals surface area contributed by atoms with Crippen molar-refractivity contribution >= 4 is 33.7 Å². The molecule has 0 aliphatic rings. The molecule has 41 heavy (non-hydrogen) atoms. The summed E-state index contributed by atoms with van der Waals surface area (Å²) in [7, 11) is 0. The zero-order valence-electron chi connectivity index (χ0n) is 21.1. The topological polar surface area (TPSA) is 125 Å². The van der Waals surface area contributed by atoms with E-state index in [0.29, 0.717) is 44.6 Å². The number of nitrogens with one attached hydrogen (secondary N) is 3. The molecule has 2 aromatic carbocycles. The number of imidazole rings is 1. The lowest BCUT2D eigenvalue weighted by molar-refractivity contribution is 0.102. The Hall–Kier alpha value is -5.84. The molecule has 5 heterocycles. The predicted molar refractivity (Wildman–Crippen MR) is 150 cm³/mol. The van der Waals surface area contributed by atoms with Gasteiger partial charge in [-0.2, -0.15) is 5.10 Å². The molecule has 5 aromatic heterocycles. The van der Waals surface area contributed by atoms with E-state index in [9.17, 15) is 9.18 Å². The molecular weight excluding hydrogens is 526 g/mol. The van der Waals surface area contributed by atoms with Gasteiger partial charge in [0.15, 0.2) is 17.3 Å². The highest BCUT2D eigenvalue weighted by molar-refractivity contribution is 6.04. The molecule has 0 spiro atoms. The van der Waals surface area contributed by atoms with Crippen LogP contribution in [-0.4, -0.2) is 41.0 Å². The van der Waals surface area contributed by atoms with Crippen molar-refractivity contribution in [2.75, 3.05) is 5.32 Å². The number of hydrogen-bond donors (Lipinski definition) is 3. The summed E-state index contributed by atoms with van der Waals surface area (Å²) < 4.78 is 30.0. The quantitative estimate of drug-likeness (QED) is 0.239. The Morgan fingerprint density at radius 2 is 1.73 bits per heavy atom. The van der Waals surface area contributed by atoms with Crippen molar-refractivity contribution in [3.8, 4) is 33.9 Å². The first kappa shape index (κ1) is 24.2. The predicted octanol–water partition coefficient (Wildman–Crippen LogP) is 6.16. The van der Waals surface area contributed by atoms with Crippen LogP contribution in [-0.2, 0) is 0 Å². The molecule has 1 amide bonds. The van der Waals surface area contributed by atoms with Gasteiger partial charge in [-0.05, 0) is 42.0 Å². The Morgan fingerprint density at radius 1 is 0.854 bits per heavy atom. The van der Waals surface area contributed by atoms with E-state index in [1.54, 1.807) is 54.7 Å². The first-order valence-corrected chi connectivity index (χ1v) is 12.5. The van der Waals surface area contributed by atoms with Gasteiger partial charge in [-0.15, -0.1) is 0 Å². The number of hydrogen-bond acceptors (Lipinski definition) is 6. The SMILES string of the molecule is O=C(Nc1cncc(-c2ncc3[nH]nc(-c4nc5c(-c6cccc(F)c6)ccnc5[nH]4)c3c2F)c1)c1ccccc1. The number of anilines is 1. The number of pyridine rings is 3. The minimum Gasteiger partial charge on any atom is -0.321 e. The van der Waals surface area contributed by atoms with Crippen molar-refractivity contribution in [1.82, 2.24) is 35.1 Å². The molecule has 0 radical (unpaired) electrons. The number of carbonyl (C=O) groups excluding carboxylic acids is 1. The van der Waals surface area contributed by atoms with Crippen LogP contribution in [0.5, 0.6) is 0 Å². The van der Waals surface area contributed by atoms with Crippen molar-refractivity contribution in [2.45, 2.75) is 0 Å². The molecular formula is C30H18F2N8O. The summed E-state index contributed by atoms with van der Waals surface area (Å²) in [4.78, 5) is 33.2. The smallest absolute Gasteiger partial charge is 0.255 e. The van der Waals surface area contributed by atoms with Crippen molar-refractivity contribution in [2.24, 2.45) is 0 Å². The molecule has 0 aliphatic heterocycles. The normalized spacial score (nSPS) is 11.3. The Balaban J connectivity index is 1.29. The molecule has 9 nitrogen and oxygen atoms in total. The Kier molecular flexibility index (Phi) is 5.74. The van der Waals surface area contributed by atoms with E-state index < -0.39 is 5.82 Å². The highest BCUT2D eigenvalue weighted by Gasteiger charge is 2.22. The van der Waals surface area contributed by atoms with Crippen molar-refractivity contribution < 1.29 is 13.6 Å². The number of rotatable bonds is 5. The van der Waals surface area contributed by atoms with Gasteiger partial charge >= 0.3 is 0 Å². The molecule has 7 aromatic rings. The van der Waals surface area contributed by atoms with Crippen LogP contribution in [0.25, 0.3) is 56.0 Å². The zero-order chi connectivity index (χ0) is 27.9. The van der Waals surface area contributed by atoms with E-state index in [1.807, 2.05) is 6.07 Å². The van der Waals surface area contributed by atoms with Gasteiger partial charge in [0.2, 0.25) is 0 Å². The first-order chi connectivity index (χ1) is 20.0. The molecule has 0 saturated carbocycles. The molecule has 0 unspecified atom stereocenters. The number of benzene rings is 2. The van der Waals surface area contributed by atoms with Crippen LogP contribution in [0.2, 0.25) is 0 Å². The maximum Gasteiger partial charge on any atom is 0.255 e. The monoisotopic (exact) mass is 544 g/mol. The molecule has 11 heteroatoms. The second kappa shape index (κ2) is 9.72. The van der Waals surface area contributed by atoms with Crippen molar-refractivity contribution in [3.05, 3.63) is 109 Å². The van der Waals surface area contributed by atoms with Gasteiger partial charge in [0.1, 0.15) is 22.7 Å². The summed E-state index contributed by atoms with van der Waals surface area (Å²) >= 11 is 0. The fourth-order valence-electron chi connectivity index (χ4n) is 4.69. The van der Waals surface area contributed by atoms with Crippen molar-refractivity contribution in [1.29, 1.82) is 0 Å². The summed E-state index contributed by atoms with van der Waals surface area (Å²) in [6, 6.07) is 18.2. The van der Waals surface area contributed by atoms with Crippen LogP contribution in [0.4, 0.5) is 14.5 Å². The van der Waals surface area contributed by atoms with Gasteiger partial charge < -0.3 is 10.3 Å². The van der Waals surface area contributed by atoms with Crippen LogP contribution < -0.4 is 5.32 Å². The first-order valence-electron chi connectivity index (χ1n) is 12.5. The summed E-state index contributed by atoms with van der Waals surface area (Å²) in [6.07, 6.45) is 6.00. The van der Waals surface area contributed by atoms with Crippen LogP contribution in [0, 0.1) is 11.6 Å². The molecule has 7 rings (SSSR count). The maximum atomic E-state index is 16.1. The number of nitrogens with zero attached hydrogens (tertiary/aromatic N) is 5. The second-order valence-corrected chi connectivity index (χ2v) is 9.22. The molecule has 0 bridgehead atoms. The molecule has 0 saturated heterocycles. The van der Waals surface area contributed by atoms with Gasteiger partial charge in [-0.25, -0.2) is 18.7 Å². The van der Waals surface area contributed by atoms with E-state index in [0.717, 1.165) is 0 Å². The van der Waals surface area contributed by atoms with Gasteiger partial charge in [-0.1, -0.05) is 30.3 Å². The van der Waals surface area contributed by atoms with Crippen LogP contribution in [0.1, 0.15) is 10.4 Å². The molecule has 0 fully saturated rings. The van der Waals surface area contributed by atoms with E-state index >= 15 is 4.39 Å². The maximum absolute atomic E-state index is 16.1. The van der Waals surface area contributed by atoms with Gasteiger partial charge in [0.25, 0.3) is 5.91 Å². The van der Waals surface area contributed by atoms with Crippen LogP contribution in [0.15, 0.2) is 91.5 Å². The lowest BCUT2D eigenvalue weighted by Gasteiger charge is -2.08. The van der Waals surface area contributed by atoms with Gasteiger partial charge in [-0.3, -0.25) is 19.9 Å². The second-order valence-electron chi connectivity index (χ2n) is 9.22. The summed E-state index contributed by atoms with van der Waals surface area (Å²) in [5.41, 5.74) is 4.08. The number of aromatic amines is 2. The average Bonchev–Trinajstić information content (AvgIpc) is 3.63. The molecule has 3 N–H and O–H groups in total. The summed E-state index contributed by atoms with van der Waals surface area (Å²) in [5, 5.41) is 10.1. The molecule has 198 valence electrons. The van der Waals surface area contributed by atoms with E-state index in [2.05, 4.69) is 40.4 Å².